The van der Waals surface area contributed by atoms with E-state index in [1.54, 1.807) is 11.3 Å². The minimum atomic E-state index is 0.569. The van der Waals surface area contributed by atoms with Gasteiger partial charge in [0.2, 0.25) is 0 Å². The van der Waals surface area contributed by atoms with Crippen molar-refractivity contribution in [3.05, 3.63) is 164 Å². The van der Waals surface area contributed by atoms with E-state index in [0.29, 0.717) is 28.9 Å². The molecule has 0 saturated heterocycles. The molecule has 0 fully saturated rings. The first kappa shape index (κ1) is 31.8. The Morgan fingerprint density at radius 2 is 1.00 bits per heavy atom. The second-order valence-electron chi connectivity index (χ2n) is 14.0. The van der Waals surface area contributed by atoms with Crippen LogP contribution in [0.5, 0.6) is 0 Å². The molecule has 57 heavy (non-hydrogen) atoms. The first-order valence-electron chi connectivity index (χ1n) is 18.7. The van der Waals surface area contributed by atoms with Gasteiger partial charge >= 0.3 is 0 Å². The van der Waals surface area contributed by atoms with Crippen molar-refractivity contribution in [2.24, 2.45) is 0 Å². The number of nitrogens with zero attached hydrogens (tertiary/aromatic N) is 5. The maximum absolute atomic E-state index is 6.41. The average Bonchev–Trinajstić information content (AvgIpc) is 3.97. The molecule has 0 aliphatic rings. The molecule has 7 nitrogen and oxygen atoms in total. The van der Waals surface area contributed by atoms with Crippen molar-refractivity contribution in [3.8, 4) is 56.8 Å². The highest BCUT2D eigenvalue weighted by Crippen LogP contribution is 2.43. The van der Waals surface area contributed by atoms with Gasteiger partial charge in [0.25, 0.3) is 0 Å². The summed E-state index contributed by atoms with van der Waals surface area (Å²) in [6.45, 7) is 0. The molecule has 7 aromatic carbocycles. The van der Waals surface area contributed by atoms with Crippen molar-refractivity contribution in [2.75, 3.05) is 0 Å². The number of benzene rings is 7. The summed E-state index contributed by atoms with van der Waals surface area (Å²) in [6.07, 6.45) is 0. The van der Waals surface area contributed by atoms with E-state index in [9.17, 15) is 0 Å². The zero-order chi connectivity index (χ0) is 37.5. The first-order chi connectivity index (χ1) is 28.2. The molecule has 5 heterocycles. The molecular formula is C49H27N5O2S. The van der Waals surface area contributed by atoms with Crippen LogP contribution in [0.15, 0.2) is 173 Å². The summed E-state index contributed by atoms with van der Waals surface area (Å²) >= 11 is 1.75. The Balaban J connectivity index is 1.06. The minimum absolute atomic E-state index is 0.569. The Labute approximate surface area is 328 Å². The lowest BCUT2D eigenvalue weighted by Crippen LogP contribution is -2.00. The second-order valence-corrected chi connectivity index (χ2v) is 15.1. The Kier molecular flexibility index (Phi) is 6.96. The summed E-state index contributed by atoms with van der Waals surface area (Å²) in [7, 11) is 0. The van der Waals surface area contributed by atoms with Crippen LogP contribution in [0, 0.1) is 0 Å². The van der Waals surface area contributed by atoms with Crippen molar-refractivity contribution in [1.29, 1.82) is 0 Å². The molecule has 0 atom stereocenters. The SMILES string of the molecule is c1ccc(-c2nc(-c3ccc4c(c3)oc3ccccc34)nc(-c3ccc4sc5cccc(-c6nc(-c7ccccc7)c7oc8ccccc8c7n6)c5c4c3)n2)cc1. The summed E-state index contributed by atoms with van der Waals surface area (Å²) in [5, 5.41) is 5.25. The number of fused-ring (bicyclic) bond motifs is 9. The van der Waals surface area contributed by atoms with E-state index in [0.717, 1.165) is 92.1 Å². The van der Waals surface area contributed by atoms with E-state index in [2.05, 4.69) is 72.8 Å². The highest BCUT2D eigenvalue weighted by Gasteiger charge is 2.21. The average molecular weight is 750 g/mol. The molecule has 0 N–H and O–H groups in total. The molecule has 266 valence electrons. The van der Waals surface area contributed by atoms with Gasteiger partial charge < -0.3 is 8.83 Å². The van der Waals surface area contributed by atoms with Crippen LogP contribution in [0.3, 0.4) is 0 Å². The molecule has 0 saturated carbocycles. The molecule has 0 spiro atoms. The van der Waals surface area contributed by atoms with Crippen molar-refractivity contribution in [1.82, 2.24) is 24.9 Å². The van der Waals surface area contributed by atoms with Crippen LogP contribution in [0.25, 0.3) is 121 Å². The standard InChI is InChI=1S/C49H27N5O2S/c1-3-12-28(13-4-1)43-45-44(34-17-8-10-20-38(34)56-45)51-49(50-43)35-18-11-21-41-42(35)36-26-30(23-25-40(36)57-41)47-52-46(29-14-5-2-6-15-29)53-48(54-47)31-22-24-33-32-16-7-9-19-37(32)55-39(33)27-31/h1-27H. The number of furan rings is 2. The molecule has 8 heteroatoms. The van der Waals surface area contributed by atoms with Crippen LogP contribution in [-0.4, -0.2) is 24.9 Å². The van der Waals surface area contributed by atoms with Gasteiger partial charge in [0.15, 0.2) is 28.9 Å². The van der Waals surface area contributed by atoms with Crippen LogP contribution in [0.1, 0.15) is 0 Å². The van der Waals surface area contributed by atoms with E-state index < -0.39 is 0 Å². The number of rotatable bonds is 5. The Hall–Kier alpha value is -7.55. The van der Waals surface area contributed by atoms with Gasteiger partial charge in [-0.3, -0.25) is 0 Å². The molecule has 0 bridgehead atoms. The van der Waals surface area contributed by atoms with Crippen LogP contribution < -0.4 is 0 Å². The summed E-state index contributed by atoms with van der Waals surface area (Å²) in [6, 6.07) is 55.3. The fourth-order valence-corrected chi connectivity index (χ4v) is 8.98. The molecule has 0 amide bonds. The predicted octanol–water partition coefficient (Wildman–Crippen LogP) is 13.2. The van der Waals surface area contributed by atoms with E-state index in [4.69, 9.17) is 33.8 Å². The van der Waals surface area contributed by atoms with Gasteiger partial charge in [-0.05, 0) is 54.6 Å². The maximum atomic E-state index is 6.41. The van der Waals surface area contributed by atoms with Gasteiger partial charge in [-0.15, -0.1) is 11.3 Å². The number of aromatic nitrogens is 5. The molecule has 12 rings (SSSR count). The van der Waals surface area contributed by atoms with E-state index in [-0.39, 0.29) is 0 Å². The third-order valence-electron chi connectivity index (χ3n) is 10.6. The Morgan fingerprint density at radius 1 is 0.368 bits per heavy atom. The molecule has 0 unspecified atom stereocenters. The van der Waals surface area contributed by atoms with Crippen LogP contribution in [-0.2, 0) is 0 Å². The van der Waals surface area contributed by atoms with Gasteiger partial charge in [0.05, 0.1) is 0 Å². The molecule has 5 aromatic heterocycles. The van der Waals surface area contributed by atoms with Gasteiger partial charge in [0.1, 0.15) is 28.0 Å². The zero-order valence-electron chi connectivity index (χ0n) is 30.0. The first-order valence-corrected chi connectivity index (χ1v) is 19.5. The lowest BCUT2D eigenvalue weighted by Gasteiger charge is -2.09. The summed E-state index contributed by atoms with van der Waals surface area (Å²) in [5.41, 5.74) is 9.19. The summed E-state index contributed by atoms with van der Waals surface area (Å²) in [4.78, 5) is 25.7. The van der Waals surface area contributed by atoms with Crippen molar-refractivity contribution < 1.29 is 8.83 Å². The second kappa shape index (κ2) is 12.5. The lowest BCUT2D eigenvalue weighted by molar-refractivity contribution is 0.667. The number of hydrogen-bond donors (Lipinski definition) is 0. The van der Waals surface area contributed by atoms with E-state index >= 15 is 0 Å². The fourth-order valence-electron chi connectivity index (χ4n) is 7.87. The largest absolute Gasteiger partial charge is 0.456 e. The van der Waals surface area contributed by atoms with Gasteiger partial charge in [0, 0.05) is 64.1 Å². The quantitative estimate of drug-likeness (QED) is 0.173. The maximum Gasteiger partial charge on any atom is 0.180 e. The predicted molar refractivity (Wildman–Crippen MR) is 230 cm³/mol. The number of para-hydroxylation sites is 2. The fraction of sp³-hybridized carbons (Fsp3) is 0. The summed E-state index contributed by atoms with van der Waals surface area (Å²) < 4.78 is 15.0. The topological polar surface area (TPSA) is 90.7 Å². The molecule has 0 aliphatic carbocycles. The number of hydrogen-bond acceptors (Lipinski definition) is 8. The molecular weight excluding hydrogens is 723 g/mol. The van der Waals surface area contributed by atoms with E-state index in [1.165, 1.54) is 0 Å². The summed E-state index contributed by atoms with van der Waals surface area (Å²) in [5.74, 6) is 2.38. The minimum Gasteiger partial charge on any atom is -0.456 e. The Bertz CT molecular complexity index is 3540. The molecule has 0 radical (unpaired) electrons. The van der Waals surface area contributed by atoms with Gasteiger partial charge in [-0.25, -0.2) is 24.9 Å². The monoisotopic (exact) mass is 749 g/mol. The van der Waals surface area contributed by atoms with Crippen LogP contribution in [0.2, 0.25) is 0 Å². The lowest BCUT2D eigenvalue weighted by atomic mass is 10.0. The van der Waals surface area contributed by atoms with Crippen LogP contribution >= 0.6 is 11.3 Å². The molecule has 12 aromatic rings. The van der Waals surface area contributed by atoms with E-state index in [1.807, 2.05) is 91.0 Å². The highest BCUT2D eigenvalue weighted by molar-refractivity contribution is 7.26. The zero-order valence-corrected chi connectivity index (χ0v) is 30.9. The van der Waals surface area contributed by atoms with Crippen LogP contribution in [0.4, 0.5) is 0 Å². The highest BCUT2D eigenvalue weighted by atomic mass is 32.1. The van der Waals surface area contributed by atoms with Gasteiger partial charge in [-0.1, -0.05) is 109 Å². The van der Waals surface area contributed by atoms with Crippen molar-refractivity contribution in [3.63, 3.8) is 0 Å². The van der Waals surface area contributed by atoms with Crippen molar-refractivity contribution >= 4 is 75.5 Å². The van der Waals surface area contributed by atoms with Gasteiger partial charge in [-0.2, -0.15) is 0 Å². The normalized spacial score (nSPS) is 11.9. The number of thiophene rings is 1. The molecule has 0 aliphatic heterocycles. The smallest absolute Gasteiger partial charge is 0.180 e. The Morgan fingerprint density at radius 3 is 1.79 bits per heavy atom. The third kappa shape index (κ3) is 5.15. The third-order valence-corrected chi connectivity index (χ3v) is 11.7. The van der Waals surface area contributed by atoms with Crippen molar-refractivity contribution in [2.45, 2.75) is 0 Å².